The fourth-order valence-electron chi connectivity index (χ4n) is 2.86. The molecule has 1 aliphatic carbocycles. The monoisotopic (exact) mass is 355 g/mol. The van der Waals surface area contributed by atoms with Gasteiger partial charge in [0.15, 0.2) is 5.96 Å². The van der Waals surface area contributed by atoms with Crippen molar-refractivity contribution in [2.75, 3.05) is 47.4 Å². The molecule has 1 saturated carbocycles. The van der Waals surface area contributed by atoms with E-state index < -0.39 is 0 Å². The molecule has 2 rings (SSSR count). The minimum atomic E-state index is 0.743. The summed E-state index contributed by atoms with van der Waals surface area (Å²) in [5.41, 5.74) is 1.16. The van der Waals surface area contributed by atoms with Crippen LogP contribution in [0.4, 0.5) is 0 Å². The molecule has 136 valence electrons. The Morgan fingerprint density at radius 2 is 2.21 bits per heavy atom. The molecule has 1 heterocycles. The molecule has 7 heteroatoms. The molecule has 0 radical (unpaired) electrons. The van der Waals surface area contributed by atoms with E-state index in [0.29, 0.717) is 0 Å². The smallest absolute Gasteiger partial charge is 0.193 e. The summed E-state index contributed by atoms with van der Waals surface area (Å²) in [4.78, 5) is 9.00. The molecule has 0 spiro atoms. The van der Waals surface area contributed by atoms with Crippen LogP contribution in [0.25, 0.3) is 0 Å². The highest BCUT2D eigenvalue weighted by atomic mass is 35.5. The molecule has 1 N–H and O–H groups in total. The molecule has 0 amide bonds. The van der Waals surface area contributed by atoms with Gasteiger partial charge in [0.2, 0.25) is 0 Å². The highest BCUT2D eigenvalue weighted by molar-refractivity contribution is 6.30. The number of rotatable bonds is 9. The van der Waals surface area contributed by atoms with E-state index in [9.17, 15) is 0 Å². The first-order valence-electron chi connectivity index (χ1n) is 8.50. The van der Waals surface area contributed by atoms with Crippen molar-refractivity contribution in [3.63, 3.8) is 0 Å². The van der Waals surface area contributed by atoms with Gasteiger partial charge in [-0.15, -0.1) is 0 Å². The number of halogens is 1. The van der Waals surface area contributed by atoms with Crippen molar-refractivity contribution in [3.05, 3.63) is 23.0 Å². The Balaban J connectivity index is 1.79. The summed E-state index contributed by atoms with van der Waals surface area (Å²) in [6, 6.07) is 2.73. The fraction of sp³-hybridized carbons (Fsp3) is 0.706. The number of ether oxygens (including phenoxy) is 1. The van der Waals surface area contributed by atoms with Gasteiger partial charge < -0.3 is 19.5 Å². The van der Waals surface area contributed by atoms with Crippen molar-refractivity contribution in [1.82, 2.24) is 19.7 Å². The van der Waals surface area contributed by atoms with E-state index in [1.54, 1.807) is 7.11 Å². The first-order chi connectivity index (χ1) is 11.5. The molecule has 6 nitrogen and oxygen atoms in total. The Morgan fingerprint density at radius 1 is 1.46 bits per heavy atom. The minimum absolute atomic E-state index is 0.743. The lowest BCUT2D eigenvalue weighted by atomic mass is 10.4. The SMILES string of the molecule is CN=C(NCCN(CCOC)C1CC1)N(C)Cc1cc(Cl)cn1C. The van der Waals surface area contributed by atoms with Crippen LogP contribution in [0.5, 0.6) is 0 Å². The summed E-state index contributed by atoms with van der Waals surface area (Å²) in [5.74, 6) is 0.898. The van der Waals surface area contributed by atoms with Gasteiger partial charge in [-0.05, 0) is 18.9 Å². The third-order valence-corrected chi connectivity index (χ3v) is 4.58. The van der Waals surface area contributed by atoms with E-state index in [1.807, 2.05) is 38.0 Å². The molecule has 1 aromatic heterocycles. The topological polar surface area (TPSA) is 45.0 Å². The van der Waals surface area contributed by atoms with E-state index in [0.717, 1.165) is 55.5 Å². The van der Waals surface area contributed by atoms with Gasteiger partial charge in [-0.2, -0.15) is 0 Å². The Bertz CT molecular complexity index is 541. The van der Waals surface area contributed by atoms with E-state index in [2.05, 4.69) is 20.1 Å². The van der Waals surface area contributed by atoms with Crippen LogP contribution in [-0.2, 0) is 18.3 Å². The van der Waals surface area contributed by atoms with Crippen molar-refractivity contribution in [2.45, 2.75) is 25.4 Å². The number of guanidine groups is 1. The zero-order chi connectivity index (χ0) is 17.5. The summed E-state index contributed by atoms with van der Waals surface area (Å²) in [5, 5.41) is 4.22. The van der Waals surface area contributed by atoms with Gasteiger partial charge in [0.05, 0.1) is 18.2 Å². The van der Waals surface area contributed by atoms with Gasteiger partial charge in [0.1, 0.15) is 0 Å². The standard InChI is InChI=1S/C17H30ClN5O/c1-19-17(22(3)13-16-11-14(18)12-21(16)2)20-7-8-23(9-10-24-4)15-5-6-15/h11-12,15H,5-10,13H2,1-4H3,(H,19,20). The van der Waals surface area contributed by atoms with Crippen molar-refractivity contribution in [2.24, 2.45) is 12.0 Å². The lowest BCUT2D eigenvalue weighted by Crippen LogP contribution is -2.43. The van der Waals surface area contributed by atoms with E-state index in [-0.39, 0.29) is 0 Å². The van der Waals surface area contributed by atoms with Gasteiger partial charge in [0, 0.05) is 65.8 Å². The second kappa shape index (κ2) is 9.30. The van der Waals surface area contributed by atoms with Crippen LogP contribution in [0.2, 0.25) is 5.02 Å². The summed E-state index contributed by atoms with van der Waals surface area (Å²) in [6.07, 6.45) is 4.55. The Morgan fingerprint density at radius 3 is 2.75 bits per heavy atom. The number of nitrogens with one attached hydrogen (secondary N) is 1. The number of nitrogens with zero attached hydrogens (tertiary/aromatic N) is 4. The second-order valence-electron chi connectivity index (χ2n) is 6.35. The number of methoxy groups -OCH3 is 1. The van der Waals surface area contributed by atoms with E-state index in [4.69, 9.17) is 16.3 Å². The molecular weight excluding hydrogens is 326 g/mol. The molecule has 0 bridgehead atoms. The summed E-state index contributed by atoms with van der Waals surface area (Å²) < 4.78 is 7.26. The minimum Gasteiger partial charge on any atom is -0.383 e. The second-order valence-corrected chi connectivity index (χ2v) is 6.79. The van der Waals surface area contributed by atoms with Crippen molar-refractivity contribution in [1.29, 1.82) is 0 Å². The average Bonchev–Trinajstić information content (AvgIpc) is 3.33. The first-order valence-corrected chi connectivity index (χ1v) is 8.88. The summed E-state index contributed by atoms with van der Waals surface area (Å²) >= 11 is 6.06. The molecule has 0 atom stereocenters. The zero-order valence-electron chi connectivity index (χ0n) is 15.3. The largest absolute Gasteiger partial charge is 0.383 e. The molecular formula is C17H30ClN5O. The van der Waals surface area contributed by atoms with Crippen LogP contribution in [-0.4, -0.2) is 73.8 Å². The maximum Gasteiger partial charge on any atom is 0.193 e. The Hall–Kier alpha value is -1.24. The van der Waals surface area contributed by atoms with Crippen LogP contribution in [0, 0.1) is 0 Å². The number of hydrogen-bond acceptors (Lipinski definition) is 3. The average molecular weight is 356 g/mol. The Kier molecular flexibility index (Phi) is 7.40. The maximum atomic E-state index is 6.06. The van der Waals surface area contributed by atoms with Crippen molar-refractivity contribution in [3.8, 4) is 0 Å². The molecule has 0 unspecified atom stereocenters. The molecule has 1 aliphatic rings. The molecule has 1 fully saturated rings. The van der Waals surface area contributed by atoms with Crippen molar-refractivity contribution >= 4 is 17.6 Å². The van der Waals surface area contributed by atoms with Crippen LogP contribution in [0.1, 0.15) is 18.5 Å². The normalized spacial score (nSPS) is 15.2. The van der Waals surface area contributed by atoms with E-state index >= 15 is 0 Å². The third-order valence-electron chi connectivity index (χ3n) is 4.38. The Labute approximate surface area is 150 Å². The van der Waals surface area contributed by atoms with Crippen LogP contribution in [0.15, 0.2) is 17.3 Å². The molecule has 24 heavy (non-hydrogen) atoms. The van der Waals surface area contributed by atoms with Gasteiger partial charge in [0.25, 0.3) is 0 Å². The summed E-state index contributed by atoms with van der Waals surface area (Å²) in [7, 11) is 7.63. The quantitative estimate of drug-likeness (QED) is 0.542. The van der Waals surface area contributed by atoms with Crippen molar-refractivity contribution < 1.29 is 4.74 Å². The molecule has 1 aromatic rings. The molecule has 0 aliphatic heterocycles. The lowest BCUT2D eigenvalue weighted by Gasteiger charge is -2.25. The molecule has 0 saturated heterocycles. The number of aromatic nitrogens is 1. The van der Waals surface area contributed by atoms with Crippen LogP contribution >= 0.6 is 11.6 Å². The highest BCUT2D eigenvalue weighted by Crippen LogP contribution is 2.26. The van der Waals surface area contributed by atoms with Crippen LogP contribution in [0.3, 0.4) is 0 Å². The maximum absolute atomic E-state index is 6.06. The zero-order valence-corrected chi connectivity index (χ0v) is 16.0. The van der Waals surface area contributed by atoms with E-state index in [1.165, 1.54) is 12.8 Å². The van der Waals surface area contributed by atoms with Gasteiger partial charge in [-0.25, -0.2) is 0 Å². The number of aryl methyl sites for hydroxylation is 1. The molecule has 0 aromatic carbocycles. The predicted molar refractivity (Wildman–Crippen MR) is 99.7 cm³/mol. The third kappa shape index (κ3) is 5.69. The van der Waals surface area contributed by atoms with Gasteiger partial charge in [-0.1, -0.05) is 11.6 Å². The summed E-state index contributed by atoms with van der Waals surface area (Å²) in [6.45, 7) is 4.44. The predicted octanol–water partition coefficient (Wildman–Crippen LogP) is 1.80. The lowest BCUT2D eigenvalue weighted by molar-refractivity contribution is 0.144. The fourth-order valence-corrected chi connectivity index (χ4v) is 3.13. The number of hydrogen-bond donors (Lipinski definition) is 1. The highest BCUT2D eigenvalue weighted by Gasteiger charge is 2.28. The number of aliphatic imine (C=N–C) groups is 1. The van der Waals surface area contributed by atoms with Gasteiger partial charge in [-0.3, -0.25) is 9.89 Å². The first kappa shape index (κ1) is 19.1. The van der Waals surface area contributed by atoms with Gasteiger partial charge >= 0.3 is 0 Å². The van der Waals surface area contributed by atoms with Crippen LogP contribution < -0.4 is 5.32 Å².